The third-order valence-corrected chi connectivity index (χ3v) is 8.09. The second kappa shape index (κ2) is 12.2. The molecule has 0 bridgehead atoms. The van der Waals surface area contributed by atoms with E-state index in [2.05, 4.69) is 0 Å². The summed E-state index contributed by atoms with van der Waals surface area (Å²) < 4.78 is 21.3. The zero-order valence-corrected chi connectivity index (χ0v) is 24.7. The van der Waals surface area contributed by atoms with Gasteiger partial charge in [-0.05, 0) is 64.5 Å². The van der Waals surface area contributed by atoms with Crippen molar-refractivity contribution < 1.29 is 48.7 Å². The summed E-state index contributed by atoms with van der Waals surface area (Å²) in [6.07, 6.45) is 4.65. The standard InChI is InChI=1S/C32H36O10/c1-15(7-9-20-26(33)24-22(13-41-31(24)37)17(3)28(20)39-5)11-19(30(35)36)12-16(2)8-10-21-27(34)25-23(14-42-32(25)38)18(4)29(21)40-6/h7-8,19,33-34H,9-14H2,1-6H3,(H,35,36)/b15-7+,16-8+. The second-order valence-corrected chi connectivity index (χ2v) is 10.8. The van der Waals surface area contributed by atoms with Gasteiger partial charge in [-0.2, -0.15) is 0 Å². The summed E-state index contributed by atoms with van der Waals surface area (Å²) in [5.74, 6) is -2.26. The molecule has 2 aliphatic rings. The van der Waals surface area contributed by atoms with Gasteiger partial charge in [0, 0.05) is 22.3 Å². The van der Waals surface area contributed by atoms with Crippen molar-refractivity contribution >= 4 is 17.9 Å². The number of esters is 2. The van der Waals surface area contributed by atoms with Crippen LogP contribution in [0.3, 0.4) is 0 Å². The Balaban J connectivity index is 1.51. The molecule has 0 aliphatic carbocycles. The van der Waals surface area contributed by atoms with Crippen molar-refractivity contribution in [3.05, 3.63) is 67.8 Å². The highest BCUT2D eigenvalue weighted by atomic mass is 16.5. The minimum atomic E-state index is -0.955. The summed E-state index contributed by atoms with van der Waals surface area (Å²) in [6, 6.07) is 0. The molecule has 0 aromatic heterocycles. The fraction of sp³-hybridized carbons (Fsp3) is 0.406. The van der Waals surface area contributed by atoms with E-state index in [1.165, 1.54) is 14.2 Å². The maximum Gasteiger partial charge on any atom is 0.342 e. The number of fused-ring (bicyclic) bond motifs is 2. The van der Waals surface area contributed by atoms with E-state index in [0.717, 1.165) is 22.3 Å². The van der Waals surface area contributed by atoms with Gasteiger partial charge in [0.2, 0.25) is 0 Å². The van der Waals surface area contributed by atoms with E-state index in [1.54, 1.807) is 13.8 Å². The van der Waals surface area contributed by atoms with Crippen LogP contribution in [-0.4, -0.2) is 47.4 Å². The number of aromatic hydroxyl groups is 2. The fourth-order valence-electron chi connectivity index (χ4n) is 5.80. The number of aliphatic carboxylic acids is 1. The minimum absolute atomic E-state index is 0.0806. The van der Waals surface area contributed by atoms with Crippen LogP contribution in [0.5, 0.6) is 23.0 Å². The molecule has 42 heavy (non-hydrogen) atoms. The van der Waals surface area contributed by atoms with Gasteiger partial charge in [-0.15, -0.1) is 0 Å². The number of carbonyl (C=O) groups is 3. The lowest BCUT2D eigenvalue weighted by Gasteiger charge is -2.17. The van der Waals surface area contributed by atoms with Gasteiger partial charge in [0.15, 0.2) is 0 Å². The third-order valence-electron chi connectivity index (χ3n) is 8.09. The van der Waals surface area contributed by atoms with Gasteiger partial charge in [-0.25, -0.2) is 9.59 Å². The molecular formula is C32H36O10. The van der Waals surface area contributed by atoms with Crippen LogP contribution in [0.15, 0.2) is 23.3 Å². The number of carboxylic acids is 1. The molecule has 2 aromatic carbocycles. The van der Waals surface area contributed by atoms with Crippen LogP contribution >= 0.6 is 0 Å². The van der Waals surface area contributed by atoms with Gasteiger partial charge in [-0.1, -0.05) is 23.3 Å². The summed E-state index contributed by atoms with van der Waals surface area (Å²) in [5, 5.41) is 31.7. The largest absolute Gasteiger partial charge is 0.507 e. The van der Waals surface area contributed by atoms with Crippen molar-refractivity contribution in [1.29, 1.82) is 0 Å². The van der Waals surface area contributed by atoms with Crippen LogP contribution in [0.1, 0.15) is 80.8 Å². The first-order valence-corrected chi connectivity index (χ1v) is 13.6. The van der Waals surface area contributed by atoms with Crippen molar-refractivity contribution in [3.8, 4) is 23.0 Å². The first-order valence-electron chi connectivity index (χ1n) is 13.6. The molecule has 0 saturated carbocycles. The third kappa shape index (κ3) is 5.53. The summed E-state index contributed by atoms with van der Waals surface area (Å²) in [4.78, 5) is 36.5. The minimum Gasteiger partial charge on any atom is -0.507 e. The van der Waals surface area contributed by atoms with Crippen LogP contribution in [0, 0.1) is 19.8 Å². The van der Waals surface area contributed by atoms with Crippen LogP contribution in [0.25, 0.3) is 0 Å². The zero-order valence-electron chi connectivity index (χ0n) is 24.7. The molecule has 224 valence electrons. The highest BCUT2D eigenvalue weighted by Gasteiger charge is 2.33. The Kier molecular flexibility index (Phi) is 8.84. The number of carboxylic acid groups (broad SMARTS) is 1. The molecule has 3 N–H and O–H groups in total. The van der Waals surface area contributed by atoms with Crippen LogP contribution in [0.2, 0.25) is 0 Å². The number of ether oxygens (including phenoxy) is 4. The molecule has 0 fully saturated rings. The molecule has 0 atom stereocenters. The maximum absolute atomic E-state index is 12.2. The highest BCUT2D eigenvalue weighted by Crippen LogP contribution is 2.43. The lowest BCUT2D eigenvalue weighted by atomic mass is 9.90. The van der Waals surface area contributed by atoms with Gasteiger partial charge in [0.25, 0.3) is 0 Å². The Bertz CT molecular complexity index is 1420. The summed E-state index contributed by atoms with van der Waals surface area (Å²) in [5.41, 5.74) is 5.43. The summed E-state index contributed by atoms with van der Waals surface area (Å²) >= 11 is 0. The van der Waals surface area contributed by atoms with Crippen LogP contribution in [-0.2, 0) is 40.3 Å². The van der Waals surface area contributed by atoms with Gasteiger partial charge in [0.1, 0.15) is 47.3 Å². The SMILES string of the molecule is COc1c(C)c2c(c(O)c1C/C=C(\C)CC(C/C(C)=C/Cc1c(O)c3c(c(C)c1OC)COC3=O)C(=O)O)C(=O)OC2. The average Bonchev–Trinajstić information content (AvgIpc) is 3.53. The number of methoxy groups -OCH3 is 2. The number of phenolic OH excluding ortho intramolecular Hbond substituents is 2. The summed E-state index contributed by atoms with van der Waals surface area (Å²) in [7, 11) is 2.99. The van der Waals surface area contributed by atoms with Crippen molar-refractivity contribution in [2.45, 2.75) is 66.6 Å². The van der Waals surface area contributed by atoms with Crippen LogP contribution in [0.4, 0.5) is 0 Å². The second-order valence-electron chi connectivity index (χ2n) is 10.8. The van der Waals surface area contributed by atoms with E-state index >= 15 is 0 Å². The van der Waals surface area contributed by atoms with E-state index < -0.39 is 23.8 Å². The van der Waals surface area contributed by atoms with Gasteiger partial charge >= 0.3 is 17.9 Å². The predicted octanol–water partition coefficient (Wildman–Crippen LogP) is 5.23. The number of phenols is 2. The Hall–Kier alpha value is -4.47. The van der Waals surface area contributed by atoms with Crippen molar-refractivity contribution in [2.75, 3.05) is 14.2 Å². The quantitative estimate of drug-likeness (QED) is 0.238. The average molecular weight is 581 g/mol. The van der Waals surface area contributed by atoms with Crippen LogP contribution < -0.4 is 9.47 Å². The molecule has 0 amide bonds. The maximum atomic E-state index is 12.2. The molecule has 4 rings (SSSR count). The van der Waals surface area contributed by atoms with Crippen molar-refractivity contribution in [2.24, 2.45) is 5.92 Å². The van der Waals surface area contributed by atoms with E-state index in [9.17, 15) is 29.7 Å². The molecule has 0 unspecified atom stereocenters. The number of cyclic esters (lactones) is 2. The first-order chi connectivity index (χ1) is 19.9. The molecule has 0 radical (unpaired) electrons. The Morgan fingerprint density at radius 3 is 1.52 bits per heavy atom. The number of rotatable bonds is 11. The molecule has 2 aliphatic heterocycles. The van der Waals surface area contributed by atoms with Gasteiger partial charge < -0.3 is 34.3 Å². The van der Waals surface area contributed by atoms with E-state index in [-0.39, 0.29) is 61.5 Å². The fourth-order valence-corrected chi connectivity index (χ4v) is 5.80. The first kappa shape index (κ1) is 30.5. The topological polar surface area (TPSA) is 149 Å². The lowest BCUT2D eigenvalue weighted by Crippen LogP contribution is -2.14. The lowest BCUT2D eigenvalue weighted by molar-refractivity contribution is -0.141. The van der Waals surface area contributed by atoms with E-state index in [1.807, 2.05) is 26.0 Å². The monoisotopic (exact) mass is 580 g/mol. The summed E-state index contributed by atoms with van der Waals surface area (Å²) in [6.45, 7) is 7.42. The Morgan fingerprint density at radius 1 is 0.810 bits per heavy atom. The molecule has 2 heterocycles. The molecule has 10 heteroatoms. The van der Waals surface area contributed by atoms with Crippen molar-refractivity contribution in [1.82, 2.24) is 0 Å². The van der Waals surface area contributed by atoms with E-state index in [0.29, 0.717) is 33.8 Å². The zero-order chi connectivity index (χ0) is 30.9. The van der Waals surface area contributed by atoms with Crippen molar-refractivity contribution in [3.63, 3.8) is 0 Å². The molecule has 0 spiro atoms. The number of benzene rings is 2. The molecular weight excluding hydrogens is 544 g/mol. The highest BCUT2D eigenvalue weighted by molar-refractivity contribution is 5.98. The number of allylic oxidation sites excluding steroid dienone is 4. The molecule has 2 aromatic rings. The number of hydrogen-bond donors (Lipinski definition) is 3. The number of hydrogen-bond acceptors (Lipinski definition) is 9. The predicted molar refractivity (Wildman–Crippen MR) is 152 cm³/mol. The van der Waals surface area contributed by atoms with Gasteiger partial charge in [0.05, 0.1) is 20.1 Å². The number of carbonyl (C=O) groups excluding carboxylic acids is 2. The smallest absolute Gasteiger partial charge is 0.342 e. The normalized spacial score (nSPS) is 15.2. The van der Waals surface area contributed by atoms with Gasteiger partial charge in [-0.3, -0.25) is 4.79 Å². The Labute approximate surface area is 244 Å². The Morgan fingerprint density at radius 2 is 1.19 bits per heavy atom. The van der Waals surface area contributed by atoms with E-state index in [4.69, 9.17) is 18.9 Å². The molecule has 10 nitrogen and oxygen atoms in total. The molecule has 0 saturated heterocycles.